The molecule has 1 N–H and O–H groups in total. The lowest BCUT2D eigenvalue weighted by atomic mass is 10.1. The molecule has 0 aliphatic heterocycles. The molecule has 4 aromatic rings. The number of nitrogens with zero attached hydrogens (tertiary/aromatic N) is 1. The molecule has 136 valence electrons. The van der Waals surface area contributed by atoms with Crippen LogP contribution in [0.4, 0.5) is 4.39 Å². The lowest BCUT2D eigenvalue weighted by molar-refractivity contribution is 0.0927. The third-order valence-electron chi connectivity index (χ3n) is 4.34. The van der Waals surface area contributed by atoms with Gasteiger partial charge in [0, 0.05) is 34.9 Å². The van der Waals surface area contributed by atoms with E-state index in [4.69, 9.17) is 4.42 Å². The Labute approximate surface area is 159 Å². The molecule has 2 aromatic heterocycles. The molecule has 0 aliphatic rings. The van der Waals surface area contributed by atoms with Crippen molar-refractivity contribution in [2.24, 2.45) is 0 Å². The molecule has 27 heavy (non-hydrogen) atoms. The summed E-state index contributed by atoms with van der Waals surface area (Å²) >= 11 is 1.59. The second kappa shape index (κ2) is 7.32. The van der Waals surface area contributed by atoms with Crippen molar-refractivity contribution in [3.05, 3.63) is 76.7 Å². The Balaban J connectivity index is 1.40. The summed E-state index contributed by atoms with van der Waals surface area (Å²) in [5.41, 5.74) is 3.17. The molecule has 0 atom stereocenters. The molecule has 0 saturated heterocycles. The van der Waals surface area contributed by atoms with Crippen molar-refractivity contribution in [1.82, 2.24) is 10.3 Å². The van der Waals surface area contributed by atoms with Gasteiger partial charge in [-0.3, -0.25) is 4.79 Å². The second-order valence-electron chi connectivity index (χ2n) is 6.21. The van der Waals surface area contributed by atoms with Crippen LogP contribution in [0, 0.1) is 12.7 Å². The summed E-state index contributed by atoms with van der Waals surface area (Å²) in [4.78, 5) is 17.0. The molecule has 4 rings (SSSR count). The summed E-state index contributed by atoms with van der Waals surface area (Å²) < 4.78 is 19.0. The molecule has 2 heterocycles. The van der Waals surface area contributed by atoms with Crippen LogP contribution in [0.2, 0.25) is 0 Å². The van der Waals surface area contributed by atoms with Crippen LogP contribution >= 0.6 is 11.3 Å². The fourth-order valence-corrected chi connectivity index (χ4v) is 3.79. The number of halogens is 1. The van der Waals surface area contributed by atoms with Gasteiger partial charge in [0.1, 0.15) is 16.4 Å². The third-order valence-corrected chi connectivity index (χ3v) is 5.28. The van der Waals surface area contributed by atoms with Gasteiger partial charge in [0.25, 0.3) is 5.91 Å². The molecule has 6 heteroatoms. The summed E-state index contributed by atoms with van der Waals surface area (Å²) in [7, 11) is 0. The van der Waals surface area contributed by atoms with Crippen molar-refractivity contribution in [3.63, 3.8) is 0 Å². The summed E-state index contributed by atoms with van der Waals surface area (Å²) in [5.74, 6) is -0.433. The van der Waals surface area contributed by atoms with E-state index in [-0.39, 0.29) is 17.5 Å². The van der Waals surface area contributed by atoms with Crippen molar-refractivity contribution in [2.45, 2.75) is 13.3 Å². The van der Waals surface area contributed by atoms with Gasteiger partial charge in [0.2, 0.25) is 0 Å². The molecule has 0 saturated carbocycles. The van der Waals surface area contributed by atoms with E-state index < -0.39 is 0 Å². The van der Waals surface area contributed by atoms with Gasteiger partial charge in [0.05, 0.1) is 5.69 Å². The lowest BCUT2D eigenvalue weighted by Gasteiger charge is -2.02. The maximum absolute atomic E-state index is 13.4. The number of rotatable bonds is 5. The zero-order valence-electron chi connectivity index (χ0n) is 14.7. The average Bonchev–Trinajstić information content (AvgIpc) is 3.28. The Kier molecular flexibility index (Phi) is 4.73. The molecule has 0 fully saturated rings. The number of fused-ring (bicyclic) bond motifs is 1. The van der Waals surface area contributed by atoms with Gasteiger partial charge in [0.15, 0.2) is 5.76 Å². The Morgan fingerprint density at radius 1 is 1.22 bits per heavy atom. The minimum absolute atomic E-state index is 0.221. The van der Waals surface area contributed by atoms with Crippen molar-refractivity contribution in [2.75, 3.05) is 6.54 Å². The molecule has 0 radical (unpaired) electrons. The van der Waals surface area contributed by atoms with Gasteiger partial charge in [-0.05, 0) is 25.1 Å². The van der Waals surface area contributed by atoms with E-state index in [2.05, 4.69) is 10.3 Å². The highest BCUT2D eigenvalue weighted by atomic mass is 32.1. The quantitative estimate of drug-likeness (QED) is 0.531. The number of carbonyl (C=O) groups excluding carboxylic acids is 1. The number of carbonyl (C=O) groups is 1. The van der Waals surface area contributed by atoms with Crippen LogP contribution in [0.5, 0.6) is 0 Å². The van der Waals surface area contributed by atoms with Gasteiger partial charge < -0.3 is 9.73 Å². The molecule has 2 aromatic carbocycles. The highest BCUT2D eigenvalue weighted by Crippen LogP contribution is 2.26. The Morgan fingerprint density at radius 2 is 2.04 bits per heavy atom. The largest absolute Gasteiger partial charge is 0.451 e. The Hall–Kier alpha value is -2.99. The van der Waals surface area contributed by atoms with Crippen molar-refractivity contribution >= 4 is 28.2 Å². The predicted octanol–water partition coefficient (Wildman–Crippen LogP) is 4.98. The summed E-state index contributed by atoms with van der Waals surface area (Å²) in [5, 5.41) is 6.44. The van der Waals surface area contributed by atoms with E-state index in [0.29, 0.717) is 29.5 Å². The van der Waals surface area contributed by atoms with Gasteiger partial charge in [-0.25, -0.2) is 9.37 Å². The molecular formula is C21H17FN2O2S. The van der Waals surface area contributed by atoms with Crippen LogP contribution in [0.3, 0.4) is 0 Å². The SMILES string of the molecule is Cc1c(C(=O)NCCc2csc(-c3ccccc3)n2)oc2ccc(F)cc12. The molecular weight excluding hydrogens is 363 g/mol. The van der Waals surface area contributed by atoms with Gasteiger partial charge in [-0.1, -0.05) is 30.3 Å². The number of hydrogen-bond acceptors (Lipinski definition) is 4. The van der Waals surface area contributed by atoms with Crippen molar-refractivity contribution in [1.29, 1.82) is 0 Å². The van der Waals surface area contributed by atoms with Crippen molar-refractivity contribution in [3.8, 4) is 10.6 Å². The number of benzene rings is 2. The highest BCUT2D eigenvalue weighted by Gasteiger charge is 2.17. The van der Waals surface area contributed by atoms with Crippen LogP contribution in [-0.2, 0) is 6.42 Å². The van der Waals surface area contributed by atoms with E-state index in [9.17, 15) is 9.18 Å². The number of hydrogen-bond donors (Lipinski definition) is 1. The van der Waals surface area contributed by atoms with E-state index in [1.807, 2.05) is 35.7 Å². The molecule has 0 aliphatic carbocycles. The van der Waals surface area contributed by atoms with Gasteiger partial charge in [-0.15, -0.1) is 11.3 Å². The van der Waals surface area contributed by atoms with Gasteiger partial charge in [-0.2, -0.15) is 0 Å². The first-order chi connectivity index (χ1) is 13.1. The number of nitrogens with one attached hydrogen (secondary N) is 1. The number of furan rings is 1. The van der Waals surface area contributed by atoms with Crippen LogP contribution in [0.1, 0.15) is 21.8 Å². The van der Waals surface area contributed by atoms with Crippen LogP contribution in [0.25, 0.3) is 21.5 Å². The Bertz CT molecular complexity index is 1100. The van der Waals surface area contributed by atoms with E-state index in [0.717, 1.165) is 16.3 Å². The maximum atomic E-state index is 13.4. The highest BCUT2D eigenvalue weighted by molar-refractivity contribution is 7.13. The van der Waals surface area contributed by atoms with Crippen molar-refractivity contribution < 1.29 is 13.6 Å². The minimum atomic E-state index is -0.351. The van der Waals surface area contributed by atoms with Gasteiger partial charge >= 0.3 is 0 Å². The topological polar surface area (TPSA) is 55.1 Å². The molecule has 0 spiro atoms. The van der Waals surface area contributed by atoms with E-state index in [1.54, 1.807) is 18.3 Å². The van der Waals surface area contributed by atoms with Crippen LogP contribution in [0.15, 0.2) is 58.3 Å². The normalized spacial score (nSPS) is 11.0. The first kappa shape index (κ1) is 17.4. The third kappa shape index (κ3) is 3.61. The van der Waals surface area contributed by atoms with Crippen LogP contribution < -0.4 is 5.32 Å². The number of aryl methyl sites for hydroxylation is 1. The second-order valence-corrected chi connectivity index (χ2v) is 7.07. The summed E-state index contributed by atoms with van der Waals surface area (Å²) in [6, 6.07) is 14.2. The number of thiazole rings is 1. The fourth-order valence-electron chi connectivity index (χ4n) is 2.93. The summed E-state index contributed by atoms with van der Waals surface area (Å²) in [6.07, 6.45) is 0.628. The zero-order chi connectivity index (χ0) is 18.8. The smallest absolute Gasteiger partial charge is 0.287 e. The molecule has 4 nitrogen and oxygen atoms in total. The average molecular weight is 380 g/mol. The van der Waals surface area contributed by atoms with E-state index in [1.165, 1.54) is 18.2 Å². The van der Waals surface area contributed by atoms with E-state index >= 15 is 0 Å². The maximum Gasteiger partial charge on any atom is 0.287 e. The minimum Gasteiger partial charge on any atom is -0.451 e. The lowest BCUT2D eigenvalue weighted by Crippen LogP contribution is -2.25. The molecule has 1 amide bonds. The van der Waals surface area contributed by atoms with Crippen LogP contribution in [-0.4, -0.2) is 17.4 Å². The first-order valence-electron chi connectivity index (χ1n) is 8.58. The number of amides is 1. The molecule has 0 bridgehead atoms. The summed E-state index contributed by atoms with van der Waals surface area (Å²) in [6.45, 7) is 2.20. The zero-order valence-corrected chi connectivity index (χ0v) is 15.5. The fraction of sp³-hybridized carbons (Fsp3) is 0.143. The standard InChI is InChI=1S/C21H17FN2O2S/c1-13-17-11-15(22)7-8-18(17)26-19(13)20(25)23-10-9-16-12-27-21(24-16)14-5-3-2-4-6-14/h2-8,11-12H,9-10H2,1H3,(H,23,25). The first-order valence-corrected chi connectivity index (χ1v) is 9.46. The number of aromatic nitrogens is 1. The monoisotopic (exact) mass is 380 g/mol. The molecule has 0 unspecified atom stereocenters. The predicted molar refractivity (Wildman–Crippen MR) is 104 cm³/mol. The Morgan fingerprint density at radius 3 is 2.85 bits per heavy atom.